The number of benzene rings is 2. The summed E-state index contributed by atoms with van der Waals surface area (Å²) < 4.78 is 25.6. The van der Waals surface area contributed by atoms with Gasteiger partial charge in [-0.05, 0) is 42.5 Å². The lowest BCUT2D eigenvalue weighted by Gasteiger charge is -2.03. The van der Waals surface area contributed by atoms with Crippen LogP contribution in [0.15, 0.2) is 52.3 Å². The molecule has 0 saturated carbocycles. The van der Waals surface area contributed by atoms with Gasteiger partial charge in [0.15, 0.2) is 0 Å². The van der Waals surface area contributed by atoms with Gasteiger partial charge in [0, 0.05) is 9.79 Å². The summed E-state index contributed by atoms with van der Waals surface area (Å²) in [6.45, 7) is 0. The maximum Gasteiger partial charge on any atom is 0.124 e. The highest BCUT2D eigenvalue weighted by molar-refractivity contribution is 7.99. The molecule has 0 aliphatic carbocycles. The molecule has 2 aromatic carbocycles. The normalized spacial score (nSPS) is 9.94. The fourth-order valence-electron chi connectivity index (χ4n) is 1.31. The van der Waals surface area contributed by atoms with Crippen LogP contribution < -0.4 is 0 Å². The summed E-state index contributed by atoms with van der Waals surface area (Å²) >= 11 is 1.30. The first-order valence-corrected chi connectivity index (χ1v) is 5.64. The smallest absolute Gasteiger partial charge is 0.124 e. The second-order valence-corrected chi connectivity index (χ2v) is 4.42. The molecule has 0 aliphatic heterocycles. The molecule has 0 bridgehead atoms. The first kappa shape index (κ1) is 11.6. The predicted octanol–water partition coefficient (Wildman–Crippen LogP) is 3.99. The van der Waals surface area contributed by atoms with Crippen molar-refractivity contribution < 1.29 is 8.78 Å². The van der Waals surface area contributed by atoms with Gasteiger partial charge in [0.05, 0.1) is 5.56 Å². The Kier molecular flexibility index (Phi) is 3.40. The molecule has 0 N–H and O–H groups in total. The van der Waals surface area contributed by atoms with Gasteiger partial charge in [-0.3, -0.25) is 0 Å². The minimum Gasteiger partial charge on any atom is -0.207 e. The number of nitrogens with zero attached hydrogens (tertiary/aromatic N) is 1. The highest BCUT2D eigenvalue weighted by Crippen LogP contribution is 2.30. The van der Waals surface area contributed by atoms with E-state index in [0.717, 1.165) is 4.90 Å². The van der Waals surface area contributed by atoms with E-state index in [1.165, 1.54) is 36.0 Å². The fraction of sp³-hybridized carbons (Fsp3) is 0. The summed E-state index contributed by atoms with van der Waals surface area (Å²) in [6, 6.07) is 11.9. The summed E-state index contributed by atoms with van der Waals surface area (Å²) in [4.78, 5) is 1.45. The molecular formula is C13H7F2NS. The Morgan fingerprint density at radius 1 is 0.941 bits per heavy atom. The van der Waals surface area contributed by atoms with Crippen molar-refractivity contribution in [1.82, 2.24) is 0 Å². The van der Waals surface area contributed by atoms with Crippen LogP contribution in [0.5, 0.6) is 0 Å². The minimum absolute atomic E-state index is 0.277. The van der Waals surface area contributed by atoms with Gasteiger partial charge >= 0.3 is 0 Å². The summed E-state index contributed by atoms with van der Waals surface area (Å²) in [5, 5.41) is 8.88. The summed E-state index contributed by atoms with van der Waals surface area (Å²) in [6.07, 6.45) is 0. The monoisotopic (exact) mass is 247 g/mol. The van der Waals surface area contributed by atoms with Gasteiger partial charge in [-0.15, -0.1) is 0 Å². The van der Waals surface area contributed by atoms with Gasteiger partial charge < -0.3 is 0 Å². The van der Waals surface area contributed by atoms with E-state index in [0.29, 0.717) is 4.90 Å². The van der Waals surface area contributed by atoms with Crippen LogP contribution in [0.2, 0.25) is 0 Å². The molecule has 0 fully saturated rings. The fourth-order valence-corrected chi connectivity index (χ4v) is 2.18. The Morgan fingerprint density at radius 3 is 2.24 bits per heavy atom. The minimum atomic E-state index is -0.440. The molecule has 4 heteroatoms. The lowest BCUT2D eigenvalue weighted by atomic mass is 10.2. The topological polar surface area (TPSA) is 23.8 Å². The zero-order chi connectivity index (χ0) is 12.3. The van der Waals surface area contributed by atoms with Crippen LogP contribution in [0.1, 0.15) is 5.56 Å². The van der Waals surface area contributed by atoms with Crippen LogP contribution in [-0.2, 0) is 0 Å². The maximum atomic E-state index is 12.9. The van der Waals surface area contributed by atoms with Crippen LogP contribution in [0, 0.1) is 23.0 Å². The summed E-state index contributed by atoms with van der Waals surface area (Å²) in [5.41, 5.74) is 0.277. The molecule has 2 aromatic rings. The van der Waals surface area contributed by atoms with E-state index in [2.05, 4.69) is 0 Å². The van der Waals surface area contributed by atoms with Gasteiger partial charge in [-0.25, -0.2) is 8.78 Å². The van der Waals surface area contributed by atoms with Crippen molar-refractivity contribution in [2.75, 3.05) is 0 Å². The van der Waals surface area contributed by atoms with E-state index in [-0.39, 0.29) is 11.4 Å². The van der Waals surface area contributed by atoms with Gasteiger partial charge in [-0.2, -0.15) is 5.26 Å². The first-order valence-electron chi connectivity index (χ1n) is 4.82. The highest BCUT2D eigenvalue weighted by atomic mass is 32.2. The second kappa shape index (κ2) is 4.98. The Bertz CT molecular complexity index is 573. The molecule has 0 saturated heterocycles. The predicted molar refractivity (Wildman–Crippen MR) is 61.6 cm³/mol. The molecule has 0 unspecified atom stereocenters. The van der Waals surface area contributed by atoms with E-state index in [9.17, 15) is 8.78 Å². The number of hydrogen-bond acceptors (Lipinski definition) is 2. The zero-order valence-electron chi connectivity index (χ0n) is 8.65. The Labute approximate surface area is 102 Å². The SMILES string of the molecule is N#Cc1cc(F)ccc1Sc1ccc(F)cc1. The van der Waals surface area contributed by atoms with Gasteiger partial charge in [-0.1, -0.05) is 11.8 Å². The average molecular weight is 247 g/mol. The van der Waals surface area contributed by atoms with Crippen molar-refractivity contribution in [3.8, 4) is 6.07 Å². The quantitative estimate of drug-likeness (QED) is 0.801. The highest BCUT2D eigenvalue weighted by Gasteiger charge is 2.05. The van der Waals surface area contributed by atoms with Gasteiger partial charge in [0.2, 0.25) is 0 Å². The number of hydrogen-bond donors (Lipinski definition) is 0. The number of nitriles is 1. The van der Waals surface area contributed by atoms with Crippen molar-refractivity contribution >= 4 is 11.8 Å². The number of halogens is 2. The summed E-state index contributed by atoms with van der Waals surface area (Å²) in [7, 11) is 0. The van der Waals surface area contributed by atoms with Crippen LogP contribution in [-0.4, -0.2) is 0 Å². The molecule has 1 nitrogen and oxygen atoms in total. The van der Waals surface area contributed by atoms with Crippen LogP contribution in [0.3, 0.4) is 0 Å². The third-order valence-corrected chi connectivity index (χ3v) is 3.19. The molecule has 17 heavy (non-hydrogen) atoms. The molecular weight excluding hydrogens is 240 g/mol. The molecule has 0 aromatic heterocycles. The Hall–Kier alpha value is -1.86. The second-order valence-electron chi connectivity index (χ2n) is 3.31. The van der Waals surface area contributed by atoms with Crippen LogP contribution in [0.4, 0.5) is 8.78 Å². The largest absolute Gasteiger partial charge is 0.207 e. The molecule has 0 spiro atoms. The zero-order valence-corrected chi connectivity index (χ0v) is 9.47. The number of rotatable bonds is 2. The standard InChI is InChI=1S/C13H7F2NS/c14-10-1-4-12(5-2-10)17-13-6-3-11(15)7-9(13)8-16/h1-7H. The maximum absolute atomic E-state index is 12.9. The van der Waals surface area contributed by atoms with Crippen LogP contribution >= 0.6 is 11.8 Å². The first-order chi connectivity index (χ1) is 8.19. The van der Waals surface area contributed by atoms with E-state index < -0.39 is 5.82 Å². The Morgan fingerprint density at radius 2 is 1.59 bits per heavy atom. The van der Waals surface area contributed by atoms with Gasteiger partial charge in [0.1, 0.15) is 17.7 Å². The van der Waals surface area contributed by atoms with E-state index in [4.69, 9.17) is 5.26 Å². The molecule has 0 atom stereocenters. The van der Waals surface area contributed by atoms with E-state index in [1.807, 2.05) is 6.07 Å². The van der Waals surface area contributed by atoms with Crippen molar-refractivity contribution in [2.24, 2.45) is 0 Å². The van der Waals surface area contributed by atoms with Crippen molar-refractivity contribution in [3.63, 3.8) is 0 Å². The van der Waals surface area contributed by atoms with Crippen molar-refractivity contribution in [2.45, 2.75) is 9.79 Å². The third-order valence-electron chi connectivity index (χ3n) is 2.10. The van der Waals surface area contributed by atoms with Crippen molar-refractivity contribution in [1.29, 1.82) is 5.26 Å². The molecule has 2 rings (SSSR count). The molecule has 0 heterocycles. The van der Waals surface area contributed by atoms with Gasteiger partial charge in [0.25, 0.3) is 0 Å². The van der Waals surface area contributed by atoms with Crippen LogP contribution in [0.25, 0.3) is 0 Å². The van der Waals surface area contributed by atoms with E-state index in [1.54, 1.807) is 18.2 Å². The average Bonchev–Trinajstić information content (AvgIpc) is 2.34. The molecule has 0 radical (unpaired) electrons. The lowest BCUT2D eigenvalue weighted by Crippen LogP contribution is -1.84. The Balaban J connectivity index is 2.30. The molecule has 84 valence electrons. The lowest BCUT2D eigenvalue weighted by molar-refractivity contribution is 0.626. The van der Waals surface area contributed by atoms with E-state index >= 15 is 0 Å². The molecule has 0 amide bonds. The van der Waals surface area contributed by atoms with Crippen molar-refractivity contribution in [3.05, 3.63) is 59.7 Å². The summed E-state index contributed by atoms with van der Waals surface area (Å²) in [5.74, 6) is -0.751. The molecule has 0 aliphatic rings. The third kappa shape index (κ3) is 2.83.